The normalized spacial score (nSPS) is 10.1. The fourth-order valence-corrected chi connectivity index (χ4v) is 2.43. The molecule has 2 aromatic rings. The molecule has 0 aromatic heterocycles. The van der Waals surface area contributed by atoms with Crippen LogP contribution < -0.4 is 25.4 Å². The lowest BCUT2D eigenvalue weighted by Crippen LogP contribution is -2.27. The van der Waals surface area contributed by atoms with Crippen molar-refractivity contribution in [3.8, 4) is 11.5 Å². The number of hydrogen-bond donors (Lipinski definition) is 3. The first-order valence-electron chi connectivity index (χ1n) is 8.70. The van der Waals surface area contributed by atoms with Gasteiger partial charge in [-0.1, -0.05) is 6.07 Å². The molecule has 0 fully saturated rings. The highest BCUT2D eigenvalue weighted by molar-refractivity contribution is 5.96. The Morgan fingerprint density at radius 2 is 1.82 bits per heavy atom. The molecule has 8 heteroatoms. The Kier molecular flexibility index (Phi) is 8.11. The highest BCUT2D eigenvalue weighted by Gasteiger charge is 2.10. The van der Waals surface area contributed by atoms with Gasteiger partial charge >= 0.3 is 0 Å². The molecule has 0 unspecified atom stereocenters. The highest BCUT2D eigenvalue weighted by Crippen LogP contribution is 2.28. The second-order valence-electron chi connectivity index (χ2n) is 5.80. The Morgan fingerprint density at radius 3 is 2.54 bits per heavy atom. The summed E-state index contributed by atoms with van der Waals surface area (Å²) in [6.07, 6.45) is 0. The van der Waals surface area contributed by atoms with Gasteiger partial charge < -0.3 is 30.2 Å². The van der Waals surface area contributed by atoms with Crippen molar-refractivity contribution in [1.82, 2.24) is 5.32 Å². The summed E-state index contributed by atoms with van der Waals surface area (Å²) in [5.41, 5.74) is 1.67. The second kappa shape index (κ2) is 10.8. The topological polar surface area (TPSA) is 97.9 Å². The van der Waals surface area contributed by atoms with Crippen LogP contribution >= 0.6 is 0 Å². The molecule has 0 radical (unpaired) electrons. The second-order valence-corrected chi connectivity index (χ2v) is 5.80. The van der Waals surface area contributed by atoms with Gasteiger partial charge in [-0.25, -0.2) is 0 Å². The van der Waals surface area contributed by atoms with Gasteiger partial charge in [-0.3, -0.25) is 9.59 Å². The molecule has 2 aromatic carbocycles. The van der Waals surface area contributed by atoms with E-state index in [1.807, 2.05) is 0 Å². The van der Waals surface area contributed by atoms with Crippen molar-refractivity contribution in [2.45, 2.75) is 0 Å². The third-order valence-electron chi connectivity index (χ3n) is 3.85. The first-order valence-corrected chi connectivity index (χ1v) is 8.70. The van der Waals surface area contributed by atoms with E-state index in [1.54, 1.807) is 56.7 Å². The third kappa shape index (κ3) is 6.17. The summed E-state index contributed by atoms with van der Waals surface area (Å²) in [7, 11) is 4.65. The van der Waals surface area contributed by atoms with Crippen molar-refractivity contribution < 1.29 is 23.8 Å². The smallest absolute Gasteiger partial charge is 0.251 e. The summed E-state index contributed by atoms with van der Waals surface area (Å²) < 4.78 is 15.3. The van der Waals surface area contributed by atoms with Crippen LogP contribution in [0.15, 0.2) is 42.5 Å². The molecule has 0 bridgehead atoms. The molecule has 0 saturated carbocycles. The molecular formula is C20H25N3O5. The number of benzene rings is 2. The first kappa shape index (κ1) is 21.0. The number of carbonyl (C=O) groups excluding carboxylic acids is 2. The quantitative estimate of drug-likeness (QED) is 0.541. The zero-order valence-corrected chi connectivity index (χ0v) is 16.2. The van der Waals surface area contributed by atoms with Gasteiger partial charge in [-0.05, 0) is 30.3 Å². The molecule has 150 valence electrons. The molecule has 0 spiro atoms. The molecule has 28 heavy (non-hydrogen) atoms. The predicted octanol–water partition coefficient (Wildman–Crippen LogP) is 2.13. The summed E-state index contributed by atoms with van der Waals surface area (Å²) >= 11 is 0. The van der Waals surface area contributed by atoms with Crippen molar-refractivity contribution in [1.29, 1.82) is 0 Å². The van der Waals surface area contributed by atoms with Crippen LogP contribution in [0.25, 0.3) is 0 Å². The maximum atomic E-state index is 12.3. The van der Waals surface area contributed by atoms with E-state index in [0.717, 1.165) is 0 Å². The minimum absolute atomic E-state index is 0.0229. The fourth-order valence-electron chi connectivity index (χ4n) is 2.43. The van der Waals surface area contributed by atoms with Crippen LogP contribution in [0.3, 0.4) is 0 Å². The fraction of sp³-hybridized carbons (Fsp3) is 0.300. The molecule has 3 N–H and O–H groups in total. The van der Waals surface area contributed by atoms with Gasteiger partial charge in [0, 0.05) is 31.0 Å². The number of amides is 2. The standard InChI is InChI=1S/C20H25N3O5/c1-26-10-9-21-20(25)14-5-4-6-15(11-14)22-13-19(24)23-17-12-16(27-2)7-8-18(17)28-3/h4-8,11-12,22H,9-10,13H2,1-3H3,(H,21,25)(H,23,24). The number of methoxy groups -OCH3 is 3. The van der Waals surface area contributed by atoms with Gasteiger partial charge in [-0.2, -0.15) is 0 Å². The lowest BCUT2D eigenvalue weighted by molar-refractivity contribution is -0.114. The largest absolute Gasteiger partial charge is 0.497 e. The van der Waals surface area contributed by atoms with E-state index in [4.69, 9.17) is 14.2 Å². The Labute approximate surface area is 164 Å². The predicted molar refractivity (Wildman–Crippen MR) is 107 cm³/mol. The minimum Gasteiger partial charge on any atom is -0.497 e. The average molecular weight is 387 g/mol. The molecule has 0 atom stereocenters. The number of ether oxygens (including phenoxy) is 3. The maximum absolute atomic E-state index is 12.3. The molecule has 0 aliphatic carbocycles. The summed E-state index contributed by atoms with van der Waals surface area (Å²) in [4.78, 5) is 24.4. The van der Waals surface area contributed by atoms with Crippen LogP contribution in [0, 0.1) is 0 Å². The van der Waals surface area contributed by atoms with Crippen molar-refractivity contribution >= 4 is 23.2 Å². The van der Waals surface area contributed by atoms with Crippen LogP contribution in [-0.2, 0) is 9.53 Å². The molecule has 2 amide bonds. The maximum Gasteiger partial charge on any atom is 0.251 e. The zero-order valence-electron chi connectivity index (χ0n) is 16.2. The molecule has 0 aliphatic rings. The van der Waals surface area contributed by atoms with Crippen molar-refractivity contribution in [3.63, 3.8) is 0 Å². The van der Waals surface area contributed by atoms with E-state index >= 15 is 0 Å². The lowest BCUT2D eigenvalue weighted by Gasteiger charge is -2.13. The SMILES string of the molecule is COCCNC(=O)c1cccc(NCC(=O)Nc2cc(OC)ccc2OC)c1. The van der Waals surface area contributed by atoms with E-state index < -0.39 is 0 Å². The molecule has 0 heterocycles. The number of hydrogen-bond acceptors (Lipinski definition) is 6. The summed E-state index contributed by atoms with van der Waals surface area (Å²) in [5.74, 6) is 0.674. The lowest BCUT2D eigenvalue weighted by atomic mass is 10.2. The van der Waals surface area contributed by atoms with Crippen LogP contribution in [-0.4, -0.2) is 52.8 Å². The van der Waals surface area contributed by atoms with Crippen molar-refractivity contribution in [2.24, 2.45) is 0 Å². The molecular weight excluding hydrogens is 362 g/mol. The molecule has 0 saturated heterocycles. The summed E-state index contributed by atoms with van der Waals surface area (Å²) in [6.45, 7) is 0.893. The van der Waals surface area contributed by atoms with Gasteiger partial charge in [0.1, 0.15) is 11.5 Å². The highest BCUT2D eigenvalue weighted by atomic mass is 16.5. The van der Waals surface area contributed by atoms with E-state index in [-0.39, 0.29) is 18.4 Å². The summed E-state index contributed by atoms with van der Waals surface area (Å²) in [5, 5.41) is 8.53. The number of nitrogens with one attached hydrogen (secondary N) is 3. The molecule has 0 aliphatic heterocycles. The van der Waals surface area contributed by atoms with Gasteiger partial charge in [0.2, 0.25) is 5.91 Å². The Bertz CT molecular complexity index is 810. The molecule has 2 rings (SSSR count). The Balaban J connectivity index is 1.94. The Morgan fingerprint density at radius 1 is 1.00 bits per heavy atom. The van der Waals surface area contributed by atoms with Crippen LogP contribution in [0.1, 0.15) is 10.4 Å². The average Bonchev–Trinajstić information content (AvgIpc) is 2.72. The van der Waals surface area contributed by atoms with E-state index in [1.165, 1.54) is 7.11 Å². The molecule has 8 nitrogen and oxygen atoms in total. The van der Waals surface area contributed by atoms with E-state index in [9.17, 15) is 9.59 Å². The minimum atomic E-state index is -0.262. The number of carbonyl (C=O) groups is 2. The van der Waals surface area contributed by atoms with Gasteiger partial charge in [0.25, 0.3) is 5.91 Å². The van der Waals surface area contributed by atoms with Crippen molar-refractivity contribution in [3.05, 3.63) is 48.0 Å². The van der Waals surface area contributed by atoms with Crippen LogP contribution in [0.2, 0.25) is 0 Å². The first-order chi connectivity index (χ1) is 13.6. The van der Waals surface area contributed by atoms with Gasteiger partial charge in [0.15, 0.2) is 0 Å². The van der Waals surface area contributed by atoms with Crippen LogP contribution in [0.5, 0.6) is 11.5 Å². The van der Waals surface area contributed by atoms with Gasteiger partial charge in [-0.15, -0.1) is 0 Å². The Hall–Kier alpha value is -3.26. The zero-order chi connectivity index (χ0) is 20.4. The number of rotatable bonds is 10. The summed E-state index contributed by atoms with van der Waals surface area (Å²) in [6, 6.07) is 12.1. The van der Waals surface area contributed by atoms with Gasteiger partial charge in [0.05, 0.1) is 33.1 Å². The van der Waals surface area contributed by atoms with Crippen LogP contribution in [0.4, 0.5) is 11.4 Å². The van der Waals surface area contributed by atoms with E-state index in [2.05, 4.69) is 16.0 Å². The third-order valence-corrected chi connectivity index (χ3v) is 3.85. The van der Waals surface area contributed by atoms with Crippen molar-refractivity contribution in [2.75, 3.05) is 51.7 Å². The number of anilines is 2. The van der Waals surface area contributed by atoms with E-state index in [0.29, 0.717) is 41.6 Å². The monoisotopic (exact) mass is 387 g/mol.